The Bertz CT molecular complexity index is 1250. The molecule has 0 N–H and O–H groups in total. The molecule has 2 aliphatic heterocycles. The van der Waals surface area contributed by atoms with Gasteiger partial charge >= 0.3 is 5.97 Å². The zero-order valence-electron chi connectivity index (χ0n) is 16.7. The predicted octanol–water partition coefficient (Wildman–Crippen LogP) is 4.45. The number of esters is 1. The van der Waals surface area contributed by atoms with Gasteiger partial charge in [0.05, 0.1) is 20.5 Å². The number of cyclic esters (lactones) is 1. The number of nitrogens with zero attached hydrogens (tertiary/aromatic N) is 1. The molecule has 3 heterocycles. The first-order valence-electron chi connectivity index (χ1n) is 9.47. The fourth-order valence-corrected chi connectivity index (χ4v) is 3.37. The van der Waals surface area contributed by atoms with Gasteiger partial charge in [-0.1, -0.05) is 0 Å². The Kier molecular flexibility index (Phi) is 4.55. The van der Waals surface area contributed by atoms with Crippen LogP contribution in [0.25, 0.3) is 11.3 Å². The number of rotatable bonds is 4. The first-order chi connectivity index (χ1) is 15.2. The average molecular weight is 415 g/mol. The number of hydrogen-bond donors (Lipinski definition) is 0. The number of hydrogen-bond acceptors (Lipinski definition) is 7. The van der Waals surface area contributed by atoms with Gasteiger partial charge in [-0.15, -0.1) is 0 Å². The number of furan rings is 1. The van der Waals surface area contributed by atoms with Crippen molar-refractivity contribution in [3.8, 4) is 17.2 Å². The Balaban J connectivity index is 1.68. The minimum Gasteiger partial charge on any atom is -0.497 e. The van der Waals surface area contributed by atoms with Crippen LogP contribution in [0.3, 0.4) is 0 Å². The molecule has 7 heteroatoms. The van der Waals surface area contributed by atoms with Gasteiger partial charge in [-0.3, -0.25) is 0 Å². The maximum absolute atomic E-state index is 12.7. The summed E-state index contributed by atoms with van der Waals surface area (Å²) >= 11 is 0. The normalized spacial score (nSPS) is 17.3. The predicted molar refractivity (Wildman–Crippen MR) is 113 cm³/mol. The van der Waals surface area contributed by atoms with E-state index in [1.807, 2.05) is 24.3 Å². The maximum Gasteiger partial charge on any atom is 0.364 e. The fraction of sp³-hybridized carbons (Fsp3) is 0.0833. The molecule has 31 heavy (non-hydrogen) atoms. The summed E-state index contributed by atoms with van der Waals surface area (Å²) in [7, 11) is 3.19. The molecule has 7 nitrogen and oxygen atoms in total. The van der Waals surface area contributed by atoms with Crippen LogP contribution >= 0.6 is 0 Å². The second-order valence-electron chi connectivity index (χ2n) is 6.75. The summed E-state index contributed by atoms with van der Waals surface area (Å²) in [6.45, 7) is 0. The largest absolute Gasteiger partial charge is 0.497 e. The molecule has 0 amide bonds. The highest BCUT2D eigenvalue weighted by molar-refractivity contribution is 6.15. The minimum atomic E-state index is -0.567. The van der Waals surface area contributed by atoms with Crippen LogP contribution in [0.1, 0.15) is 16.9 Å². The number of allylic oxidation sites excluding steroid dienone is 2. The molecule has 5 rings (SSSR count). The van der Waals surface area contributed by atoms with Crippen molar-refractivity contribution < 1.29 is 28.2 Å². The minimum absolute atomic E-state index is 0.118. The number of aliphatic imine (C=N–C) groups is 1. The van der Waals surface area contributed by atoms with Gasteiger partial charge in [0.2, 0.25) is 0 Å². The highest BCUT2D eigenvalue weighted by Gasteiger charge is 2.32. The summed E-state index contributed by atoms with van der Waals surface area (Å²) in [6.07, 6.45) is 3.27. The highest BCUT2D eigenvalue weighted by atomic mass is 16.6. The molecule has 0 fully saturated rings. The smallest absolute Gasteiger partial charge is 0.364 e. The average Bonchev–Trinajstić information content (AvgIpc) is 3.48. The van der Waals surface area contributed by atoms with Crippen molar-refractivity contribution in [1.82, 2.24) is 0 Å². The Morgan fingerprint density at radius 3 is 2.39 bits per heavy atom. The molecule has 154 valence electrons. The molecule has 2 aromatic carbocycles. The molecule has 3 aromatic rings. The number of benzene rings is 2. The SMILES string of the molecule is COc1ccc(C2=C/C(=C3/N=C(c4ccco4)OC3=O)c3cc(OC)ccc3O2)cc1. The van der Waals surface area contributed by atoms with Crippen molar-refractivity contribution in [3.63, 3.8) is 0 Å². The summed E-state index contributed by atoms with van der Waals surface area (Å²) < 4.78 is 27.4. The second-order valence-corrected chi connectivity index (χ2v) is 6.75. The molecule has 0 bridgehead atoms. The van der Waals surface area contributed by atoms with Crippen molar-refractivity contribution in [3.05, 3.63) is 89.5 Å². The van der Waals surface area contributed by atoms with Crippen molar-refractivity contribution >= 4 is 23.2 Å². The third-order valence-electron chi connectivity index (χ3n) is 4.93. The van der Waals surface area contributed by atoms with Gasteiger partial charge in [-0.05, 0) is 60.7 Å². The number of fused-ring (bicyclic) bond motifs is 1. The lowest BCUT2D eigenvalue weighted by atomic mass is 9.97. The van der Waals surface area contributed by atoms with Gasteiger partial charge in [0.15, 0.2) is 11.5 Å². The topological polar surface area (TPSA) is 79.5 Å². The summed E-state index contributed by atoms with van der Waals surface area (Å²) in [5.41, 5.74) is 2.22. The number of ether oxygens (including phenoxy) is 4. The van der Waals surface area contributed by atoms with E-state index in [0.29, 0.717) is 34.2 Å². The molecular formula is C24H17NO6. The van der Waals surface area contributed by atoms with Gasteiger partial charge in [0.1, 0.15) is 23.0 Å². The fourth-order valence-electron chi connectivity index (χ4n) is 3.37. The van der Waals surface area contributed by atoms with Crippen molar-refractivity contribution in [2.45, 2.75) is 0 Å². The summed E-state index contributed by atoms with van der Waals surface area (Å²) in [6, 6.07) is 16.2. The Morgan fingerprint density at radius 1 is 0.903 bits per heavy atom. The summed E-state index contributed by atoms with van der Waals surface area (Å²) in [5.74, 6) is 2.43. The molecule has 1 aromatic heterocycles. The lowest BCUT2D eigenvalue weighted by Gasteiger charge is -2.21. The van der Waals surface area contributed by atoms with Gasteiger partial charge < -0.3 is 23.4 Å². The van der Waals surface area contributed by atoms with Crippen molar-refractivity contribution in [2.75, 3.05) is 14.2 Å². The molecule has 0 radical (unpaired) electrons. The molecule has 0 aliphatic carbocycles. The number of methoxy groups -OCH3 is 2. The highest BCUT2D eigenvalue weighted by Crippen LogP contribution is 2.41. The van der Waals surface area contributed by atoms with E-state index in [2.05, 4.69) is 4.99 Å². The lowest BCUT2D eigenvalue weighted by molar-refractivity contribution is -0.130. The zero-order valence-corrected chi connectivity index (χ0v) is 16.7. The van der Waals surface area contributed by atoms with E-state index in [9.17, 15) is 4.79 Å². The Morgan fingerprint density at radius 2 is 1.68 bits per heavy atom. The van der Waals surface area contributed by atoms with Crippen LogP contribution in [0, 0.1) is 0 Å². The van der Waals surface area contributed by atoms with E-state index in [4.69, 9.17) is 23.4 Å². The van der Waals surface area contributed by atoms with Crippen LogP contribution in [0.4, 0.5) is 0 Å². The Labute approximate surface area is 177 Å². The standard InChI is InChI=1S/C24H17NO6/c1-27-15-7-5-14(6-8-15)21-13-18(17-12-16(28-2)9-10-19(17)30-21)22-24(26)31-23(25-22)20-4-3-11-29-20/h3-13H,1-2H3/b22-18-. The van der Waals surface area contributed by atoms with Gasteiger partial charge in [-0.2, -0.15) is 0 Å². The zero-order chi connectivity index (χ0) is 21.4. The first-order valence-corrected chi connectivity index (χ1v) is 9.47. The van der Waals surface area contributed by atoms with E-state index in [1.54, 1.807) is 50.6 Å². The molecular weight excluding hydrogens is 398 g/mol. The van der Waals surface area contributed by atoms with E-state index >= 15 is 0 Å². The van der Waals surface area contributed by atoms with Gasteiger partial charge in [0.25, 0.3) is 5.90 Å². The van der Waals surface area contributed by atoms with Crippen LogP contribution in [-0.4, -0.2) is 26.1 Å². The van der Waals surface area contributed by atoms with E-state index in [0.717, 1.165) is 11.3 Å². The van der Waals surface area contributed by atoms with Crippen LogP contribution < -0.4 is 14.2 Å². The van der Waals surface area contributed by atoms with Crippen LogP contribution in [0.2, 0.25) is 0 Å². The molecule has 0 saturated carbocycles. The number of carbonyl (C=O) groups is 1. The molecule has 0 saturated heterocycles. The van der Waals surface area contributed by atoms with E-state index < -0.39 is 5.97 Å². The Hall–Kier alpha value is -4.26. The first kappa shape index (κ1) is 18.7. The van der Waals surface area contributed by atoms with E-state index in [-0.39, 0.29) is 11.6 Å². The third kappa shape index (κ3) is 3.36. The van der Waals surface area contributed by atoms with Gasteiger partial charge in [0, 0.05) is 16.7 Å². The molecule has 0 unspecified atom stereocenters. The lowest BCUT2D eigenvalue weighted by Crippen LogP contribution is -2.08. The van der Waals surface area contributed by atoms with Crippen LogP contribution in [0.15, 0.2) is 82.0 Å². The third-order valence-corrected chi connectivity index (χ3v) is 4.93. The quantitative estimate of drug-likeness (QED) is 0.463. The number of carbonyl (C=O) groups excluding carboxylic acids is 1. The summed E-state index contributed by atoms with van der Waals surface area (Å²) in [4.78, 5) is 17.1. The van der Waals surface area contributed by atoms with Crippen molar-refractivity contribution in [2.24, 2.45) is 4.99 Å². The molecule has 2 aliphatic rings. The van der Waals surface area contributed by atoms with Crippen LogP contribution in [0.5, 0.6) is 17.2 Å². The van der Waals surface area contributed by atoms with Crippen LogP contribution in [-0.2, 0) is 9.53 Å². The van der Waals surface area contributed by atoms with Crippen molar-refractivity contribution in [1.29, 1.82) is 0 Å². The summed E-state index contributed by atoms with van der Waals surface area (Å²) in [5, 5.41) is 0. The van der Waals surface area contributed by atoms with E-state index in [1.165, 1.54) is 6.26 Å². The maximum atomic E-state index is 12.7. The van der Waals surface area contributed by atoms with Gasteiger partial charge in [-0.25, -0.2) is 9.79 Å². The molecule has 0 spiro atoms. The monoisotopic (exact) mass is 415 g/mol. The second kappa shape index (κ2) is 7.53. The molecule has 0 atom stereocenters.